The van der Waals surface area contributed by atoms with Crippen molar-refractivity contribution in [1.82, 2.24) is 14.9 Å². The minimum Gasteiger partial charge on any atom is -0.460 e. The van der Waals surface area contributed by atoms with E-state index in [1.807, 2.05) is 60.7 Å². The highest BCUT2D eigenvalue weighted by atomic mass is 32.1. The second-order valence-corrected chi connectivity index (χ2v) is 8.64. The summed E-state index contributed by atoms with van der Waals surface area (Å²) in [5.74, 6) is -0.400. The molecule has 1 aliphatic rings. The molecule has 0 radical (unpaired) electrons. The molecule has 1 atom stereocenters. The van der Waals surface area contributed by atoms with Crippen molar-refractivity contribution in [2.24, 2.45) is 0 Å². The van der Waals surface area contributed by atoms with E-state index in [2.05, 4.69) is 28.5 Å². The predicted molar refractivity (Wildman–Crippen MR) is 136 cm³/mol. The van der Waals surface area contributed by atoms with Crippen molar-refractivity contribution in [3.05, 3.63) is 89.1 Å². The number of rotatable bonds is 7. The number of thiocarbonyl (C=S) groups is 1. The van der Waals surface area contributed by atoms with E-state index in [1.165, 1.54) is 0 Å². The van der Waals surface area contributed by atoms with Gasteiger partial charge in [0, 0.05) is 36.6 Å². The van der Waals surface area contributed by atoms with Crippen LogP contribution in [-0.4, -0.2) is 41.0 Å². The summed E-state index contributed by atoms with van der Waals surface area (Å²) in [6, 6.07) is 13.7. The van der Waals surface area contributed by atoms with Gasteiger partial charge in [0.1, 0.15) is 6.61 Å². The Morgan fingerprint density at radius 3 is 2.38 bits per heavy atom. The number of nitrogens with zero attached hydrogens (tertiary/aromatic N) is 3. The Balaban J connectivity index is 1.75. The van der Waals surface area contributed by atoms with Crippen molar-refractivity contribution in [2.45, 2.75) is 26.8 Å². The van der Waals surface area contributed by atoms with Gasteiger partial charge in [0.05, 0.1) is 24.5 Å². The summed E-state index contributed by atoms with van der Waals surface area (Å²) in [5, 5.41) is 3.90. The van der Waals surface area contributed by atoms with Gasteiger partial charge in [-0.3, -0.25) is 4.90 Å². The van der Waals surface area contributed by atoms with Crippen LogP contribution in [0.4, 0.5) is 5.69 Å². The zero-order valence-corrected chi connectivity index (χ0v) is 20.6. The van der Waals surface area contributed by atoms with Crippen LogP contribution in [0, 0.1) is 13.8 Å². The number of imidazole rings is 1. The predicted octanol–water partition coefficient (Wildman–Crippen LogP) is 4.39. The van der Waals surface area contributed by atoms with Crippen molar-refractivity contribution in [2.75, 3.05) is 25.2 Å². The minimum atomic E-state index is -0.443. The van der Waals surface area contributed by atoms with Crippen LogP contribution in [0.5, 0.6) is 0 Å². The van der Waals surface area contributed by atoms with Crippen LogP contribution >= 0.6 is 12.2 Å². The lowest BCUT2D eigenvalue weighted by atomic mass is 9.94. The molecular weight excluding hydrogens is 448 g/mol. The van der Waals surface area contributed by atoms with Crippen LogP contribution in [0.15, 0.2) is 72.5 Å². The molecule has 1 aliphatic heterocycles. The number of esters is 1. The Bertz CT molecular complexity index is 1200. The third kappa shape index (κ3) is 4.88. The summed E-state index contributed by atoms with van der Waals surface area (Å²) in [5.41, 5.74) is 6.27. The summed E-state index contributed by atoms with van der Waals surface area (Å²) in [4.78, 5) is 19.3. The van der Waals surface area contributed by atoms with Gasteiger partial charge in [-0.2, -0.15) is 0 Å². The number of aromatic nitrogens is 2. The average Bonchev–Trinajstić information content (AvgIpc) is 3.33. The van der Waals surface area contributed by atoms with E-state index in [9.17, 15) is 4.79 Å². The molecule has 8 heteroatoms. The van der Waals surface area contributed by atoms with Crippen LogP contribution in [-0.2, 0) is 14.3 Å². The first-order chi connectivity index (χ1) is 16.4. The zero-order valence-electron chi connectivity index (χ0n) is 19.7. The quantitative estimate of drug-likeness (QED) is 0.308. The Hall–Kier alpha value is -3.49. The lowest BCUT2D eigenvalue weighted by Crippen LogP contribution is -2.48. The van der Waals surface area contributed by atoms with Gasteiger partial charge in [0.15, 0.2) is 5.11 Å². The first-order valence-electron chi connectivity index (χ1n) is 11.0. The van der Waals surface area contributed by atoms with Crippen LogP contribution in [0.1, 0.15) is 29.7 Å². The number of carbonyl (C=O) groups excluding carboxylic acids is 1. The summed E-state index contributed by atoms with van der Waals surface area (Å²) in [6.45, 7) is 6.49. The number of allylic oxidation sites excluding steroid dienone is 1. The fourth-order valence-electron chi connectivity index (χ4n) is 4.19. The van der Waals surface area contributed by atoms with E-state index >= 15 is 0 Å². The molecule has 0 saturated carbocycles. The highest BCUT2D eigenvalue weighted by Gasteiger charge is 2.35. The molecule has 1 aromatic heterocycles. The number of carbonyl (C=O) groups is 1. The number of methoxy groups -OCH3 is 1. The van der Waals surface area contributed by atoms with Gasteiger partial charge in [-0.05, 0) is 73.9 Å². The highest BCUT2D eigenvalue weighted by Crippen LogP contribution is 2.35. The largest absolute Gasteiger partial charge is 0.460 e. The van der Waals surface area contributed by atoms with Crippen molar-refractivity contribution >= 4 is 29.0 Å². The maximum atomic E-state index is 13.3. The minimum absolute atomic E-state index is 0.173. The number of anilines is 1. The SMILES string of the molecule is COCCOC(=O)C1=C(C)N(c2cc(C)cc(C)c2)C(=S)NC1c1ccc(-n2ccnc2)cc1. The van der Waals surface area contributed by atoms with E-state index in [0.717, 1.165) is 33.8 Å². The molecule has 34 heavy (non-hydrogen) atoms. The lowest BCUT2D eigenvalue weighted by Gasteiger charge is -2.37. The van der Waals surface area contributed by atoms with Gasteiger partial charge >= 0.3 is 5.97 Å². The zero-order chi connectivity index (χ0) is 24.2. The van der Waals surface area contributed by atoms with Gasteiger partial charge in [0.2, 0.25) is 0 Å². The molecular formula is C26H28N4O3S. The fraction of sp³-hybridized carbons (Fsp3) is 0.269. The number of hydrogen-bond donors (Lipinski definition) is 1. The van der Waals surface area contributed by atoms with Gasteiger partial charge in [0.25, 0.3) is 0 Å². The van der Waals surface area contributed by atoms with Crippen molar-refractivity contribution in [3.8, 4) is 5.69 Å². The summed E-state index contributed by atoms with van der Waals surface area (Å²) >= 11 is 5.78. The third-order valence-electron chi connectivity index (χ3n) is 5.72. The first-order valence-corrected chi connectivity index (χ1v) is 11.4. The summed E-state index contributed by atoms with van der Waals surface area (Å²) in [6.07, 6.45) is 5.36. The number of nitrogens with one attached hydrogen (secondary N) is 1. The average molecular weight is 477 g/mol. The van der Waals surface area contributed by atoms with Crippen molar-refractivity contribution < 1.29 is 14.3 Å². The molecule has 0 bridgehead atoms. The van der Waals surface area contributed by atoms with E-state index in [-0.39, 0.29) is 6.61 Å². The number of benzene rings is 2. The third-order valence-corrected chi connectivity index (χ3v) is 6.02. The van der Waals surface area contributed by atoms with Gasteiger partial charge in [-0.1, -0.05) is 18.2 Å². The summed E-state index contributed by atoms with van der Waals surface area (Å²) in [7, 11) is 1.57. The van der Waals surface area contributed by atoms with Crippen LogP contribution in [0.3, 0.4) is 0 Å². The smallest absolute Gasteiger partial charge is 0.338 e. The Morgan fingerprint density at radius 2 is 1.76 bits per heavy atom. The number of ether oxygens (including phenoxy) is 2. The van der Waals surface area contributed by atoms with Crippen LogP contribution < -0.4 is 10.2 Å². The molecule has 0 spiro atoms. The molecule has 7 nitrogen and oxygen atoms in total. The van der Waals surface area contributed by atoms with Crippen LogP contribution in [0.2, 0.25) is 0 Å². The second kappa shape index (κ2) is 10.2. The summed E-state index contributed by atoms with van der Waals surface area (Å²) < 4.78 is 12.5. The number of aryl methyl sites for hydroxylation is 2. The Morgan fingerprint density at radius 1 is 1.06 bits per heavy atom. The van der Waals surface area contributed by atoms with E-state index in [0.29, 0.717) is 17.3 Å². The van der Waals surface area contributed by atoms with Gasteiger partial charge in [-0.15, -0.1) is 0 Å². The van der Waals surface area contributed by atoms with Crippen molar-refractivity contribution in [3.63, 3.8) is 0 Å². The second-order valence-electron chi connectivity index (χ2n) is 8.25. The number of hydrogen-bond acceptors (Lipinski definition) is 5. The highest BCUT2D eigenvalue weighted by molar-refractivity contribution is 7.80. The molecule has 176 valence electrons. The van der Waals surface area contributed by atoms with Crippen molar-refractivity contribution in [1.29, 1.82) is 0 Å². The molecule has 1 N–H and O–H groups in total. The molecule has 0 aliphatic carbocycles. The topological polar surface area (TPSA) is 68.6 Å². The Labute approximate surface area is 205 Å². The van der Waals surface area contributed by atoms with Gasteiger partial charge < -0.3 is 19.4 Å². The Kier molecular flexibility index (Phi) is 7.09. The maximum Gasteiger partial charge on any atom is 0.338 e. The van der Waals surface area contributed by atoms with Gasteiger partial charge in [-0.25, -0.2) is 9.78 Å². The molecule has 0 fully saturated rings. The maximum absolute atomic E-state index is 13.3. The normalized spacial score (nSPS) is 15.9. The lowest BCUT2D eigenvalue weighted by molar-refractivity contribution is -0.140. The molecule has 3 aromatic rings. The van der Waals surface area contributed by atoms with E-state index < -0.39 is 12.0 Å². The molecule has 2 aromatic carbocycles. The van der Waals surface area contributed by atoms with E-state index in [1.54, 1.807) is 19.6 Å². The monoisotopic (exact) mass is 476 g/mol. The molecule has 0 amide bonds. The first kappa shape index (κ1) is 23.7. The van der Waals surface area contributed by atoms with E-state index in [4.69, 9.17) is 21.7 Å². The molecule has 4 rings (SSSR count). The fourth-order valence-corrected chi connectivity index (χ4v) is 4.55. The molecule has 0 saturated heterocycles. The molecule has 1 unspecified atom stereocenters. The standard InChI is InChI=1S/C26H28N4O3S/c1-17-13-18(2)15-22(14-17)30-19(3)23(25(31)33-12-11-32-4)24(28-26(30)34)20-5-7-21(8-6-20)29-10-9-27-16-29/h5-10,13-16,24H,11-12H2,1-4H3,(H,28,34). The van der Waals surface area contributed by atoms with Crippen LogP contribution in [0.25, 0.3) is 5.69 Å². The molecule has 2 heterocycles.